The maximum atomic E-state index is 10.5. The molecule has 0 aromatic rings. The van der Waals surface area contributed by atoms with Gasteiger partial charge in [-0.05, 0) is 13.5 Å². The van der Waals surface area contributed by atoms with Gasteiger partial charge in [0, 0.05) is 19.6 Å². The first-order valence-electron chi connectivity index (χ1n) is 3.78. The third-order valence-electron chi connectivity index (χ3n) is 1.90. The highest BCUT2D eigenvalue weighted by molar-refractivity contribution is 5.73. The molecule has 0 aromatic carbocycles. The van der Waals surface area contributed by atoms with Gasteiger partial charge < -0.3 is 10.0 Å². The van der Waals surface area contributed by atoms with Crippen molar-refractivity contribution in [2.75, 3.05) is 26.7 Å². The van der Waals surface area contributed by atoms with E-state index < -0.39 is 12.0 Å². The van der Waals surface area contributed by atoms with Gasteiger partial charge in [0.15, 0.2) is 0 Å². The molecule has 1 rings (SSSR count). The molecule has 1 aliphatic rings. The molecule has 1 atom stereocenters. The zero-order chi connectivity index (χ0) is 8.27. The molecule has 0 aliphatic carbocycles. The van der Waals surface area contributed by atoms with Crippen LogP contribution < -0.4 is 5.32 Å². The second kappa shape index (κ2) is 3.69. The van der Waals surface area contributed by atoms with Gasteiger partial charge in [-0.25, -0.2) is 5.32 Å². The van der Waals surface area contributed by atoms with Gasteiger partial charge in [-0.15, -0.1) is 0 Å². The summed E-state index contributed by atoms with van der Waals surface area (Å²) in [4.78, 5) is 12.6. The molecular formula is C7H13N2O2. The number of nitrogens with zero attached hydrogens (tertiary/aromatic N) is 2. The standard InChI is InChI=1S/C7H13N2O2/c1-9-4-2-6(7(10)11)8-3-5-9/h6H,2-5H2,1H3,(H,10,11). The lowest BCUT2D eigenvalue weighted by atomic mass is 10.2. The Morgan fingerprint density at radius 2 is 2.36 bits per heavy atom. The monoisotopic (exact) mass is 157 g/mol. The minimum absolute atomic E-state index is 0.472. The van der Waals surface area contributed by atoms with Crippen LogP contribution in [0.1, 0.15) is 6.42 Å². The van der Waals surface area contributed by atoms with Crippen molar-refractivity contribution in [3.8, 4) is 0 Å². The molecule has 1 aliphatic heterocycles. The fraction of sp³-hybridized carbons (Fsp3) is 0.857. The molecule has 0 aromatic heterocycles. The van der Waals surface area contributed by atoms with E-state index in [2.05, 4.69) is 10.2 Å². The van der Waals surface area contributed by atoms with Crippen molar-refractivity contribution in [2.24, 2.45) is 0 Å². The Morgan fingerprint density at radius 1 is 1.64 bits per heavy atom. The smallest absolute Gasteiger partial charge is 0.322 e. The highest BCUT2D eigenvalue weighted by atomic mass is 16.4. The maximum Gasteiger partial charge on any atom is 0.322 e. The van der Waals surface area contributed by atoms with Crippen LogP contribution in [0.3, 0.4) is 0 Å². The Morgan fingerprint density at radius 3 is 3.00 bits per heavy atom. The number of carboxylic acid groups (broad SMARTS) is 1. The van der Waals surface area contributed by atoms with Crippen molar-refractivity contribution in [2.45, 2.75) is 12.5 Å². The summed E-state index contributed by atoms with van der Waals surface area (Å²) in [5.74, 6) is -0.791. The highest BCUT2D eigenvalue weighted by Gasteiger charge is 2.20. The van der Waals surface area contributed by atoms with E-state index in [1.54, 1.807) is 0 Å². The summed E-state index contributed by atoms with van der Waals surface area (Å²) in [6.45, 7) is 2.36. The molecule has 0 spiro atoms. The Labute approximate surface area is 66.2 Å². The molecule has 0 amide bonds. The van der Waals surface area contributed by atoms with Crippen LogP contribution >= 0.6 is 0 Å². The van der Waals surface area contributed by atoms with Crippen LogP contribution in [0.5, 0.6) is 0 Å². The minimum Gasteiger partial charge on any atom is -0.480 e. The van der Waals surface area contributed by atoms with E-state index in [4.69, 9.17) is 5.11 Å². The number of carbonyl (C=O) groups is 1. The zero-order valence-electron chi connectivity index (χ0n) is 6.66. The Balaban J connectivity index is 2.40. The van der Waals surface area contributed by atoms with Crippen molar-refractivity contribution in [1.29, 1.82) is 0 Å². The second-order valence-corrected chi connectivity index (χ2v) is 2.85. The molecule has 0 saturated carbocycles. The minimum atomic E-state index is -0.791. The Bertz CT molecular complexity index is 149. The molecule has 11 heavy (non-hydrogen) atoms. The number of aliphatic carboxylic acids is 1. The van der Waals surface area contributed by atoms with Gasteiger partial charge in [-0.2, -0.15) is 0 Å². The van der Waals surface area contributed by atoms with Crippen LogP contribution in [-0.2, 0) is 4.79 Å². The van der Waals surface area contributed by atoms with Crippen molar-refractivity contribution in [1.82, 2.24) is 10.2 Å². The third-order valence-corrected chi connectivity index (χ3v) is 1.90. The summed E-state index contributed by atoms with van der Waals surface area (Å²) in [6, 6.07) is -0.472. The lowest BCUT2D eigenvalue weighted by Gasteiger charge is -2.10. The normalized spacial score (nSPS) is 27.9. The largest absolute Gasteiger partial charge is 0.480 e. The average molecular weight is 157 g/mol. The lowest BCUT2D eigenvalue weighted by Crippen LogP contribution is -2.31. The van der Waals surface area contributed by atoms with Crippen LogP contribution in [0.15, 0.2) is 0 Å². The SMILES string of the molecule is CN1CC[N]C(C(=O)O)CC1. The summed E-state index contributed by atoms with van der Waals surface area (Å²) in [5, 5.41) is 12.7. The number of carboxylic acids is 1. The molecule has 1 heterocycles. The molecule has 1 fully saturated rings. The van der Waals surface area contributed by atoms with Crippen LogP contribution in [0, 0.1) is 0 Å². The van der Waals surface area contributed by atoms with Gasteiger partial charge in [0.25, 0.3) is 0 Å². The molecular weight excluding hydrogens is 144 g/mol. The number of rotatable bonds is 1. The first-order valence-corrected chi connectivity index (χ1v) is 3.78. The van der Waals surface area contributed by atoms with Gasteiger partial charge in [0.1, 0.15) is 6.04 Å². The van der Waals surface area contributed by atoms with E-state index in [1.165, 1.54) is 0 Å². The molecule has 1 saturated heterocycles. The highest BCUT2D eigenvalue weighted by Crippen LogP contribution is 2.00. The Kier molecular flexibility index (Phi) is 2.84. The number of likely N-dealkylation sites (N-methyl/N-ethyl adjacent to an activating group) is 1. The van der Waals surface area contributed by atoms with Crippen molar-refractivity contribution in [3.63, 3.8) is 0 Å². The van der Waals surface area contributed by atoms with Crippen molar-refractivity contribution in [3.05, 3.63) is 0 Å². The van der Waals surface area contributed by atoms with Crippen molar-refractivity contribution < 1.29 is 9.90 Å². The molecule has 0 bridgehead atoms. The zero-order valence-corrected chi connectivity index (χ0v) is 6.66. The Hall–Kier alpha value is -0.610. The van der Waals surface area contributed by atoms with E-state index in [1.807, 2.05) is 7.05 Å². The first-order chi connectivity index (χ1) is 5.20. The topological polar surface area (TPSA) is 54.6 Å². The van der Waals surface area contributed by atoms with Gasteiger partial charge in [0.05, 0.1) is 0 Å². The van der Waals surface area contributed by atoms with E-state index in [0.717, 1.165) is 13.1 Å². The molecule has 1 unspecified atom stereocenters. The predicted molar refractivity (Wildman–Crippen MR) is 40.5 cm³/mol. The van der Waals surface area contributed by atoms with Crippen LogP contribution in [0.25, 0.3) is 0 Å². The number of hydrogen-bond donors (Lipinski definition) is 1. The van der Waals surface area contributed by atoms with Gasteiger partial charge >= 0.3 is 5.97 Å². The van der Waals surface area contributed by atoms with Crippen LogP contribution in [0.4, 0.5) is 0 Å². The summed E-state index contributed by atoms with van der Waals surface area (Å²) in [5.41, 5.74) is 0. The predicted octanol–water partition coefficient (Wildman–Crippen LogP) is -0.621. The molecule has 63 valence electrons. The third kappa shape index (κ3) is 2.48. The van der Waals surface area contributed by atoms with E-state index in [-0.39, 0.29) is 0 Å². The summed E-state index contributed by atoms with van der Waals surface area (Å²) in [6.07, 6.45) is 0.645. The first kappa shape index (κ1) is 8.49. The van der Waals surface area contributed by atoms with Crippen LogP contribution in [-0.4, -0.2) is 48.7 Å². The van der Waals surface area contributed by atoms with E-state index >= 15 is 0 Å². The van der Waals surface area contributed by atoms with E-state index in [9.17, 15) is 4.79 Å². The fourth-order valence-electron chi connectivity index (χ4n) is 1.13. The summed E-state index contributed by atoms with van der Waals surface area (Å²) >= 11 is 0. The molecule has 1 N–H and O–H groups in total. The maximum absolute atomic E-state index is 10.5. The van der Waals surface area contributed by atoms with Gasteiger partial charge in [-0.1, -0.05) is 0 Å². The summed E-state index contributed by atoms with van der Waals surface area (Å²) < 4.78 is 0. The van der Waals surface area contributed by atoms with Crippen molar-refractivity contribution >= 4 is 5.97 Å². The molecule has 1 radical (unpaired) electrons. The second-order valence-electron chi connectivity index (χ2n) is 2.85. The number of hydrogen-bond acceptors (Lipinski definition) is 2. The summed E-state index contributed by atoms with van der Waals surface area (Å²) in [7, 11) is 1.99. The van der Waals surface area contributed by atoms with Gasteiger partial charge in [0.2, 0.25) is 0 Å². The lowest BCUT2D eigenvalue weighted by molar-refractivity contribution is -0.139. The van der Waals surface area contributed by atoms with Crippen LogP contribution in [0.2, 0.25) is 0 Å². The average Bonchev–Trinajstić information content (AvgIpc) is 2.13. The van der Waals surface area contributed by atoms with Gasteiger partial charge in [-0.3, -0.25) is 4.79 Å². The van der Waals surface area contributed by atoms with E-state index in [0.29, 0.717) is 13.0 Å². The molecule has 4 nitrogen and oxygen atoms in total. The fourth-order valence-corrected chi connectivity index (χ4v) is 1.13. The molecule has 4 heteroatoms. The quantitative estimate of drug-likeness (QED) is 0.552.